The molecule has 0 atom stereocenters. The summed E-state index contributed by atoms with van der Waals surface area (Å²) >= 11 is 1.58. The summed E-state index contributed by atoms with van der Waals surface area (Å²) in [5.41, 5.74) is 0.868. The number of benzene rings is 1. The quantitative estimate of drug-likeness (QED) is 0.760. The highest BCUT2D eigenvalue weighted by Crippen LogP contribution is 2.39. The largest absolute Gasteiger partial charge is 0.496 e. The topological polar surface area (TPSA) is 56.3 Å². The fourth-order valence-corrected chi connectivity index (χ4v) is 2.91. The van der Waals surface area contributed by atoms with E-state index >= 15 is 0 Å². The summed E-state index contributed by atoms with van der Waals surface area (Å²) in [4.78, 5) is 0. The van der Waals surface area contributed by atoms with E-state index in [4.69, 9.17) is 9.47 Å². The molecule has 0 unspecified atom stereocenters. The van der Waals surface area contributed by atoms with Crippen molar-refractivity contribution in [3.05, 3.63) is 23.2 Å². The lowest BCUT2D eigenvalue weighted by atomic mass is 10.2. The van der Waals surface area contributed by atoms with Crippen LogP contribution in [0.25, 0.3) is 10.6 Å². The summed E-state index contributed by atoms with van der Waals surface area (Å²) in [6, 6.07) is 5.71. The summed E-state index contributed by atoms with van der Waals surface area (Å²) in [6.45, 7) is 4.11. The van der Waals surface area contributed by atoms with Crippen LogP contribution in [0.2, 0.25) is 0 Å². The van der Waals surface area contributed by atoms with E-state index in [1.165, 1.54) is 0 Å². The molecule has 0 fully saturated rings. The third-order valence-electron chi connectivity index (χ3n) is 3.05. The Morgan fingerprint density at radius 1 is 1.10 bits per heavy atom. The van der Waals surface area contributed by atoms with Gasteiger partial charge in [-0.15, -0.1) is 10.2 Å². The molecule has 0 saturated carbocycles. The normalized spacial score (nSPS) is 10.6. The van der Waals surface area contributed by atoms with Gasteiger partial charge >= 0.3 is 0 Å². The van der Waals surface area contributed by atoms with Crippen LogP contribution in [-0.4, -0.2) is 37.5 Å². The van der Waals surface area contributed by atoms with Gasteiger partial charge in [0.1, 0.15) is 16.5 Å². The lowest BCUT2D eigenvalue weighted by Gasteiger charge is -2.09. The predicted octanol–water partition coefficient (Wildman–Crippen LogP) is 2.76. The monoisotopic (exact) mass is 307 g/mol. The van der Waals surface area contributed by atoms with Crippen molar-refractivity contribution in [3.63, 3.8) is 0 Å². The van der Waals surface area contributed by atoms with Crippen LogP contribution in [0, 0.1) is 0 Å². The maximum atomic E-state index is 5.41. The van der Waals surface area contributed by atoms with Gasteiger partial charge in [0, 0.05) is 13.0 Å². The second-order valence-corrected chi connectivity index (χ2v) is 5.60. The van der Waals surface area contributed by atoms with E-state index < -0.39 is 0 Å². The first kappa shape index (κ1) is 15.7. The van der Waals surface area contributed by atoms with Crippen LogP contribution in [-0.2, 0) is 6.42 Å². The average Bonchev–Trinajstić information content (AvgIpc) is 2.99. The van der Waals surface area contributed by atoms with Gasteiger partial charge in [0.25, 0.3) is 0 Å². The molecule has 5 nitrogen and oxygen atoms in total. The van der Waals surface area contributed by atoms with E-state index in [-0.39, 0.29) is 0 Å². The van der Waals surface area contributed by atoms with Crippen LogP contribution in [0.15, 0.2) is 18.2 Å². The number of hydrogen-bond acceptors (Lipinski definition) is 6. The van der Waals surface area contributed by atoms with Gasteiger partial charge in [-0.2, -0.15) is 0 Å². The fourth-order valence-electron chi connectivity index (χ4n) is 2.01. The molecular weight excluding hydrogens is 286 g/mol. The summed E-state index contributed by atoms with van der Waals surface area (Å²) in [7, 11) is 3.30. The van der Waals surface area contributed by atoms with Crippen LogP contribution < -0.4 is 14.8 Å². The highest BCUT2D eigenvalue weighted by molar-refractivity contribution is 7.14. The van der Waals surface area contributed by atoms with Crippen molar-refractivity contribution in [1.82, 2.24) is 15.5 Å². The highest BCUT2D eigenvalue weighted by atomic mass is 32.1. The Kier molecular flexibility index (Phi) is 5.95. The van der Waals surface area contributed by atoms with Crippen molar-refractivity contribution in [2.24, 2.45) is 0 Å². The standard InChI is InChI=1S/C15H21N3O2S/c1-4-9-16-10-8-13-17-18-15(21-13)14-11(19-2)6-5-7-12(14)20-3/h5-7,16H,4,8-10H2,1-3H3. The predicted molar refractivity (Wildman–Crippen MR) is 85.3 cm³/mol. The highest BCUT2D eigenvalue weighted by Gasteiger charge is 2.16. The maximum Gasteiger partial charge on any atom is 0.155 e. The van der Waals surface area contributed by atoms with Gasteiger partial charge in [0.05, 0.1) is 19.8 Å². The zero-order valence-electron chi connectivity index (χ0n) is 12.7. The molecule has 1 heterocycles. The van der Waals surface area contributed by atoms with E-state index in [0.717, 1.165) is 53.0 Å². The van der Waals surface area contributed by atoms with Gasteiger partial charge < -0.3 is 14.8 Å². The van der Waals surface area contributed by atoms with Crippen LogP contribution >= 0.6 is 11.3 Å². The van der Waals surface area contributed by atoms with Crippen molar-refractivity contribution in [3.8, 4) is 22.1 Å². The SMILES string of the molecule is CCCNCCc1nnc(-c2c(OC)cccc2OC)s1. The Labute approximate surface area is 129 Å². The lowest BCUT2D eigenvalue weighted by molar-refractivity contribution is 0.397. The molecular formula is C15H21N3O2S. The zero-order chi connectivity index (χ0) is 15.1. The molecule has 0 aliphatic rings. The molecule has 6 heteroatoms. The molecule has 0 bridgehead atoms. The lowest BCUT2D eigenvalue weighted by Crippen LogP contribution is -2.17. The van der Waals surface area contributed by atoms with Crippen molar-refractivity contribution >= 4 is 11.3 Å². The van der Waals surface area contributed by atoms with E-state index in [1.54, 1.807) is 25.6 Å². The Balaban J connectivity index is 2.17. The molecule has 1 aromatic heterocycles. The average molecular weight is 307 g/mol. The Morgan fingerprint density at radius 2 is 1.81 bits per heavy atom. The second kappa shape index (κ2) is 7.95. The summed E-state index contributed by atoms with van der Waals surface area (Å²) in [6.07, 6.45) is 2.02. The first-order valence-corrected chi connectivity index (χ1v) is 7.86. The van der Waals surface area contributed by atoms with Crippen LogP contribution in [0.4, 0.5) is 0 Å². The van der Waals surface area contributed by atoms with Gasteiger partial charge in [-0.25, -0.2) is 0 Å². The maximum absolute atomic E-state index is 5.41. The van der Waals surface area contributed by atoms with Crippen molar-refractivity contribution in [1.29, 1.82) is 0 Å². The molecule has 0 aliphatic heterocycles. The van der Waals surface area contributed by atoms with Gasteiger partial charge in [-0.05, 0) is 25.1 Å². The number of ether oxygens (including phenoxy) is 2. The molecule has 1 N–H and O–H groups in total. The molecule has 0 radical (unpaired) electrons. The Hall–Kier alpha value is -1.66. The molecule has 2 aromatic rings. The second-order valence-electron chi connectivity index (χ2n) is 4.54. The first-order valence-electron chi connectivity index (χ1n) is 7.04. The number of aromatic nitrogens is 2. The van der Waals surface area contributed by atoms with Gasteiger partial charge in [-0.3, -0.25) is 0 Å². The van der Waals surface area contributed by atoms with E-state index in [9.17, 15) is 0 Å². The minimum Gasteiger partial charge on any atom is -0.496 e. The molecule has 0 saturated heterocycles. The minimum absolute atomic E-state index is 0.751. The third kappa shape index (κ3) is 3.92. The third-order valence-corrected chi connectivity index (χ3v) is 4.05. The van der Waals surface area contributed by atoms with Gasteiger partial charge in [0.2, 0.25) is 0 Å². The first-order chi connectivity index (χ1) is 10.3. The number of rotatable bonds is 8. The van der Waals surface area contributed by atoms with Crippen molar-refractivity contribution < 1.29 is 9.47 Å². The Morgan fingerprint density at radius 3 is 2.43 bits per heavy atom. The molecule has 2 rings (SSSR count). The number of methoxy groups -OCH3 is 2. The fraction of sp³-hybridized carbons (Fsp3) is 0.467. The molecule has 1 aromatic carbocycles. The van der Waals surface area contributed by atoms with Crippen molar-refractivity contribution in [2.45, 2.75) is 19.8 Å². The van der Waals surface area contributed by atoms with Gasteiger partial charge in [-0.1, -0.05) is 24.3 Å². The van der Waals surface area contributed by atoms with Crippen molar-refractivity contribution in [2.75, 3.05) is 27.3 Å². The van der Waals surface area contributed by atoms with Crippen LogP contribution in [0.3, 0.4) is 0 Å². The van der Waals surface area contributed by atoms with Crippen LogP contribution in [0.1, 0.15) is 18.4 Å². The Bertz CT molecular complexity index is 550. The number of nitrogens with zero attached hydrogens (tertiary/aromatic N) is 2. The summed E-state index contributed by atoms with van der Waals surface area (Å²) < 4.78 is 10.8. The van der Waals surface area contributed by atoms with Crippen LogP contribution in [0.5, 0.6) is 11.5 Å². The van der Waals surface area contributed by atoms with E-state index in [2.05, 4.69) is 22.4 Å². The van der Waals surface area contributed by atoms with E-state index in [1.807, 2.05) is 18.2 Å². The number of hydrogen-bond donors (Lipinski definition) is 1. The minimum atomic E-state index is 0.751. The molecule has 0 spiro atoms. The molecule has 0 amide bonds. The summed E-state index contributed by atoms with van der Waals surface area (Å²) in [5, 5.41) is 13.8. The summed E-state index contributed by atoms with van der Waals surface area (Å²) in [5.74, 6) is 1.50. The number of nitrogens with one attached hydrogen (secondary N) is 1. The molecule has 0 aliphatic carbocycles. The molecule has 114 valence electrons. The van der Waals surface area contributed by atoms with Gasteiger partial charge in [0.15, 0.2) is 5.01 Å². The van der Waals surface area contributed by atoms with E-state index in [0.29, 0.717) is 0 Å². The molecule has 21 heavy (non-hydrogen) atoms. The zero-order valence-corrected chi connectivity index (χ0v) is 13.5. The smallest absolute Gasteiger partial charge is 0.155 e.